The first-order valence-electron chi connectivity index (χ1n) is 8.53. The summed E-state index contributed by atoms with van der Waals surface area (Å²) in [5.74, 6) is 0.152. The van der Waals surface area contributed by atoms with E-state index in [-0.39, 0.29) is 36.8 Å². The number of nitrogens with zero attached hydrogens (tertiary/aromatic N) is 1. The number of ether oxygens (including phenoxy) is 1. The molecular formula is C20H28Cl3N3O2. The standard InChI is InChI=1S/C20H26ClN3O2.2ClH/c1-5-13-6-8-14(9-7-13)18(24(2)3)12-23-20(25)15-10-16(21)17(22)11-19(15)26-4;;/h6-11,18H,5,12,22H2,1-4H3,(H,23,25);2*1H. The van der Waals surface area contributed by atoms with Gasteiger partial charge in [0.05, 0.1) is 29.4 Å². The summed E-state index contributed by atoms with van der Waals surface area (Å²) in [7, 11) is 5.48. The normalized spacial score (nSPS) is 11.2. The van der Waals surface area contributed by atoms with Crippen LogP contribution in [-0.2, 0) is 6.42 Å². The molecule has 2 rings (SSSR count). The molecule has 156 valence electrons. The molecule has 3 N–H and O–H groups in total. The number of anilines is 1. The highest BCUT2D eigenvalue weighted by Gasteiger charge is 2.19. The SMILES string of the molecule is CCc1ccc(C(CNC(=O)c2cc(Cl)c(N)cc2OC)N(C)C)cc1.Cl.Cl. The van der Waals surface area contributed by atoms with Gasteiger partial charge in [0.2, 0.25) is 0 Å². The molecule has 5 nitrogen and oxygen atoms in total. The molecule has 0 aliphatic heterocycles. The molecule has 0 saturated carbocycles. The lowest BCUT2D eigenvalue weighted by Crippen LogP contribution is -2.34. The number of rotatable bonds is 7. The smallest absolute Gasteiger partial charge is 0.255 e. The summed E-state index contributed by atoms with van der Waals surface area (Å²) in [4.78, 5) is 14.7. The lowest BCUT2D eigenvalue weighted by atomic mass is 10.0. The van der Waals surface area contributed by atoms with E-state index in [9.17, 15) is 4.79 Å². The van der Waals surface area contributed by atoms with E-state index in [4.69, 9.17) is 22.1 Å². The van der Waals surface area contributed by atoms with E-state index in [1.165, 1.54) is 18.7 Å². The first kappa shape index (κ1) is 26.3. The summed E-state index contributed by atoms with van der Waals surface area (Å²) in [6, 6.07) is 11.6. The molecule has 0 bridgehead atoms. The molecule has 0 fully saturated rings. The molecule has 1 amide bonds. The Morgan fingerprint density at radius 1 is 1.21 bits per heavy atom. The van der Waals surface area contributed by atoms with E-state index < -0.39 is 0 Å². The van der Waals surface area contributed by atoms with Gasteiger partial charge in [-0.05, 0) is 37.7 Å². The van der Waals surface area contributed by atoms with E-state index >= 15 is 0 Å². The fraction of sp³-hybridized carbons (Fsp3) is 0.350. The molecule has 0 radical (unpaired) electrons. The lowest BCUT2D eigenvalue weighted by Gasteiger charge is -2.25. The van der Waals surface area contributed by atoms with Crippen LogP contribution >= 0.6 is 36.4 Å². The van der Waals surface area contributed by atoms with Gasteiger partial charge in [-0.1, -0.05) is 42.8 Å². The highest BCUT2D eigenvalue weighted by Crippen LogP contribution is 2.29. The second kappa shape index (κ2) is 12.0. The number of hydrogen-bond acceptors (Lipinski definition) is 4. The Morgan fingerprint density at radius 2 is 1.82 bits per heavy atom. The first-order valence-corrected chi connectivity index (χ1v) is 8.91. The second-order valence-electron chi connectivity index (χ2n) is 6.36. The zero-order valence-electron chi connectivity index (χ0n) is 16.5. The molecule has 0 heterocycles. The monoisotopic (exact) mass is 447 g/mol. The van der Waals surface area contributed by atoms with E-state index in [0.717, 1.165) is 12.0 Å². The van der Waals surface area contributed by atoms with Gasteiger partial charge in [0.1, 0.15) is 5.75 Å². The maximum Gasteiger partial charge on any atom is 0.255 e. The third-order valence-corrected chi connectivity index (χ3v) is 4.74. The van der Waals surface area contributed by atoms with E-state index in [1.54, 1.807) is 6.07 Å². The van der Waals surface area contributed by atoms with Crippen molar-refractivity contribution in [2.75, 3.05) is 33.5 Å². The minimum atomic E-state index is -0.249. The summed E-state index contributed by atoms with van der Waals surface area (Å²) < 4.78 is 5.26. The van der Waals surface area contributed by atoms with Crippen molar-refractivity contribution in [3.8, 4) is 5.75 Å². The van der Waals surface area contributed by atoms with Gasteiger partial charge >= 0.3 is 0 Å². The number of hydrogen-bond donors (Lipinski definition) is 2. The fourth-order valence-electron chi connectivity index (χ4n) is 2.77. The van der Waals surface area contributed by atoms with Crippen LogP contribution in [0.25, 0.3) is 0 Å². The van der Waals surface area contributed by atoms with Gasteiger partial charge in [0.25, 0.3) is 5.91 Å². The van der Waals surface area contributed by atoms with Crippen molar-refractivity contribution in [2.45, 2.75) is 19.4 Å². The minimum Gasteiger partial charge on any atom is -0.496 e. The van der Waals surface area contributed by atoms with Crippen molar-refractivity contribution in [3.05, 3.63) is 58.1 Å². The van der Waals surface area contributed by atoms with Crippen molar-refractivity contribution in [1.29, 1.82) is 0 Å². The van der Waals surface area contributed by atoms with Gasteiger partial charge < -0.3 is 20.7 Å². The number of benzene rings is 2. The molecule has 2 aromatic rings. The van der Waals surface area contributed by atoms with Crippen LogP contribution in [0.3, 0.4) is 0 Å². The number of carbonyl (C=O) groups excluding carboxylic acids is 1. The maximum absolute atomic E-state index is 12.6. The zero-order valence-corrected chi connectivity index (χ0v) is 18.9. The molecule has 1 atom stereocenters. The Balaban J connectivity index is 0.00000364. The average Bonchev–Trinajstić information content (AvgIpc) is 2.63. The number of aryl methyl sites for hydroxylation is 1. The van der Waals surface area contributed by atoms with Crippen LogP contribution in [0.1, 0.15) is 34.5 Å². The van der Waals surface area contributed by atoms with E-state index in [1.807, 2.05) is 14.1 Å². The molecule has 0 aliphatic rings. The predicted molar refractivity (Wildman–Crippen MR) is 121 cm³/mol. The molecule has 0 spiro atoms. The van der Waals surface area contributed by atoms with Crippen molar-refractivity contribution >= 4 is 48.0 Å². The van der Waals surface area contributed by atoms with Crippen LogP contribution in [0.4, 0.5) is 5.69 Å². The van der Waals surface area contributed by atoms with Crippen molar-refractivity contribution in [1.82, 2.24) is 10.2 Å². The molecular weight excluding hydrogens is 421 g/mol. The second-order valence-corrected chi connectivity index (χ2v) is 6.77. The number of methoxy groups -OCH3 is 1. The largest absolute Gasteiger partial charge is 0.496 e. The van der Waals surface area contributed by atoms with Crippen LogP contribution < -0.4 is 15.8 Å². The number of nitrogen functional groups attached to an aromatic ring is 1. The summed E-state index contributed by atoms with van der Waals surface area (Å²) in [6.45, 7) is 2.59. The highest BCUT2D eigenvalue weighted by molar-refractivity contribution is 6.33. The topological polar surface area (TPSA) is 67.6 Å². The highest BCUT2D eigenvalue weighted by atomic mass is 35.5. The first-order chi connectivity index (χ1) is 12.4. The Bertz CT molecular complexity index is 768. The molecule has 2 aromatic carbocycles. The van der Waals surface area contributed by atoms with Crippen LogP contribution in [-0.4, -0.2) is 38.6 Å². The number of nitrogens with one attached hydrogen (secondary N) is 1. The van der Waals surface area contributed by atoms with E-state index in [0.29, 0.717) is 28.6 Å². The third-order valence-electron chi connectivity index (χ3n) is 4.42. The Morgan fingerprint density at radius 3 is 2.32 bits per heavy atom. The van der Waals surface area contributed by atoms with Gasteiger partial charge in [-0.2, -0.15) is 0 Å². The van der Waals surface area contributed by atoms with Gasteiger partial charge in [-0.25, -0.2) is 0 Å². The summed E-state index contributed by atoms with van der Waals surface area (Å²) in [5, 5.41) is 3.30. The Kier molecular flexibility index (Phi) is 11.3. The van der Waals surface area contributed by atoms with E-state index in [2.05, 4.69) is 41.4 Å². The quantitative estimate of drug-likeness (QED) is 0.617. The number of nitrogens with two attached hydrogens (primary N) is 1. The zero-order chi connectivity index (χ0) is 19.3. The number of halogens is 3. The summed E-state index contributed by atoms with van der Waals surface area (Å²) >= 11 is 6.06. The van der Waals surface area contributed by atoms with Gasteiger partial charge in [-0.15, -0.1) is 24.8 Å². The van der Waals surface area contributed by atoms with Crippen molar-refractivity contribution < 1.29 is 9.53 Å². The Labute approximate surface area is 184 Å². The van der Waals surface area contributed by atoms with Crippen LogP contribution in [0, 0.1) is 0 Å². The third kappa shape index (κ3) is 6.45. The minimum absolute atomic E-state index is 0. The lowest BCUT2D eigenvalue weighted by molar-refractivity contribution is 0.0939. The van der Waals surface area contributed by atoms with Crippen LogP contribution in [0.2, 0.25) is 5.02 Å². The van der Waals surface area contributed by atoms with Gasteiger partial charge in [0.15, 0.2) is 0 Å². The number of likely N-dealkylation sites (N-methyl/N-ethyl adjacent to an activating group) is 1. The van der Waals surface area contributed by atoms with Crippen molar-refractivity contribution in [2.24, 2.45) is 0 Å². The molecule has 0 saturated heterocycles. The Hall–Kier alpha value is -1.66. The predicted octanol–water partition coefficient (Wildman–Crippen LogP) is 4.37. The van der Waals surface area contributed by atoms with Gasteiger partial charge in [-0.3, -0.25) is 4.79 Å². The molecule has 8 heteroatoms. The van der Waals surface area contributed by atoms with Crippen molar-refractivity contribution in [3.63, 3.8) is 0 Å². The maximum atomic E-state index is 12.6. The van der Waals surface area contributed by atoms with Crippen LogP contribution in [0.15, 0.2) is 36.4 Å². The number of amides is 1. The van der Waals surface area contributed by atoms with Crippen LogP contribution in [0.5, 0.6) is 5.75 Å². The van der Waals surface area contributed by atoms with Gasteiger partial charge in [0, 0.05) is 12.6 Å². The molecule has 0 aromatic heterocycles. The molecule has 28 heavy (non-hydrogen) atoms. The number of carbonyl (C=O) groups is 1. The molecule has 1 unspecified atom stereocenters. The summed E-state index contributed by atoms with van der Waals surface area (Å²) in [6.07, 6.45) is 1.00. The summed E-state index contributed by atoms with van der Waals surface area (Å²) in [5.41, 5.74) is 8.96. The molecule has 0 aliphatic carbocycles. The fourth-order valence-corrected chi connectivity index (χ4v) is 2.94. The average molecular weight is 449 g/mol.